The minimum Gasteiger partial charge on any atom is -0.388 e. The fourth-order valence-electron chi connectivity index (χ4n) is 10.7. The van der Waals surface area contributed by atoms with Crippen LogP contribution in [0.4, 0.5) is 0 Å². The van der Waals surface area contributed by atoms with E-state index in [2.05, 4.69) is 72.4 Å². The molecule has 5 heteroatoms. The first-order valence-corrected chi connectivity index (χ1v) is 26.1. The third-order valence-electron chi connectivity index (χ3n) is 13.7. The minimum atomic E-state index is -2.50. The Morgan fingerprint density at radius 2 is 0.964 bits per heavy atom. The lowest BCUT2D eigenvalue weighted by Crippen LogP contribution is -2.54. The molecular weight excluding hydrogens is 705 g/mol. The third kappa shape index (κ3) is 12.3. The van der Waals surface area contributed by atoms with E-state index in [0.717, 1.165) is 51.4 Å². The molecule has 2 aliphatic rings. The second-order valence-corrected chi connectivity index (χ2v) is 22.7. The zero-order valence-electron chi connectivity index (χ0n) is 36.8. The fraction of sp³-hybridized carbons (Fsp3) is 0.686. The van der Waals surface area contributed by atoms with Crippen LogP contribution < -0.4 is 5.19 Å². The Kier molecular flexibility index (Phi) is 21.1. The van der Waals surface area contributed by atoms with E-state index in [1.54, 1.807) is 0 Å². The maximum absolute atomic E-state index is 15.2. The summed E-state index contributed by atoms with van der Waals surface area (Å²) in [6.07, 6.45) is 33.9. The molecular formula is C51H82O4Si. The Balaban J connectivity index is 1.95. The van der Waals surface area contributed by atoms with Crippen molar-refractivity contribution in [2.75, 3.05) is 0 Å². The van der Waals surface area contributed by atoms with E-state index in [1.807, 2.05) is 54.7 Å². The van der Waals surface area contributed by atoms with E-state index >= 15 is 9.59 Å². The van der Waals surface area contributed by atoms with Gasteiger partial charge in [-0.3, -0.25) is 9.59 Å². The van der Waals surface area contributed by atoms with E-state index in [-0.39, 0.29) is 35.2 Å². The van der Waals surface area contributed by atoms with E-state index in [0.29, 0.717) is 12.1 Å². The molecule has 2 N–H and O–H groups in total. The molecule has 0 radical (unpaired) electrons. The lowest BCUT2D eigenvalue weighted by atomic mass is 9.61. The summed E-state index contributed by atoms with van der Waals surface area (Å²) in [6.45, 7) is 15.4. The number of carbonyl (C=O) groups is 2. The largest absolute Gasteiger partial charge is 0.388 e. The summed E-state index contributed by atoms with van der Waals surface area (Å²) in [7, 11) is -2.50. The number of aliphatic hydroxyl groups is 2. The summed E-state index contributed by atoms with van der Waals surface area (Å²) in [6, 6.07) is 12.1. The number of Topliss-reactive ketones (excluding diaryl/α,β-unsaturated/α-hetero) is 2. The predicted molar refractivity (Wildman–Crippen MR) is 242 cm³/mol. The van der Waals surface area contributed by atoms with Crippen molar-refractivity contribution in [3.05, 3.63) is 78.9 Å². The predicted octanol–water partition coefficient (Wildman–Crippen LogP) is 12.7. The van der Waals surface area contributed by atoms with Crippen LogP contribution in [0.15, 0.2) is 78.9 Å². The van der Waals surface area contributed by atoms with Crippen LogP contribution in [0.3, 0.4) is 0 Å². The van der Waals surface area contributed by atoms with E-state index < -0.39 is 31.1 Å². The highest BCUT2D eigenvalue weighted by Crippen LogP contribution is 2.48. The first-order chi connectivity index (χ1) is 27.0. The smallest absolute Gasteiger partial charge is 0.148 e. The van der Waals surface area contributed by atoms with Crippen LogP contribution >= 0.6 is 0 Å². The van der Waals surface area contributed by atoms with Gasteiger partial charge in [0.05, 0.1) is 31.1 Å². The maximum atomic E-state index is 15.2. The molecule has 0 aromatic heterocycles. The zero-order valence-corrected chi connectivity index (χ0v) is 37.8. The van der Waals surface area contributed by atoms with Crippen molar-refractivity contribution in [1.29, 1.82) is 0 Å². The molecule has 1 aromatic rings. The quantitative estimate of drug-likeness (QED) is 0.0626. The molecule has 56 heavy (non-hydrogen) atoms. The molecule has 8 unspecified atom stereocenters. The second kappa shape index (κ2) is 24.5. The van der Waals surface area contributed by atoms with Crippen LogP contribution in [0.5, 0.6) is 0 Å². The van der Waals surface area contributed by atoms with Crippen molar-refractivity contribution in [1.82, 2.24) is 0 Å². The summed E-state index contributed by atoms with van der Waals surface area (Å²) in [5, 5.41) is 24.9. The standard InChI is InChI=1S/C51H82O4Si/c1-8-12-14-16-18-21-31-43(29-10-3)50(37-27-25-35-46(50)52)48(54)41(5)39-56(7,45-33-23-20-24-34-45)40-42(6)49(55)51(38-28-26-36-47(51)53)44(30-11-4)32-22-19-17-15-13-9-2/h20,23-28,33-38,41-44,46-47,52-53H,8-19,21-22,29-32,39-40H2,1-7H3. The number of rotatable bonds is 29. The number of hydrogen-bond donors (Lipinski definition) is 2. The summed E-state index contributed by atoms with van der Waals surface area (Å²) < 4.78 is 0. The van der Waals surface area contributed by atoms with Gasteiger partial charge in [0.15, 0.2) is 0 Å². The lowest BCUT2D eigenvalue weighted by molar-refractivity contribution is -0.138. The van der Waals surface area contributed by atoms with Crippen molar-refractivity contribution in [3.8, 4) is 0 Å². The van der Waals surface area contributed by atoms with Gasteiger partial charge in [0, 0.05) is 11.8 Å². The summed E-state index contributed by atoms with van der Waals surface area (Å²) in [4.78, 5) is 30.4. The number of allylic oxidation sites excluding steroid dienone is 4. The number of unbranched alkanes of at least 4 members (excludes halogenated alkanes) is 10. The average molecular weight is 787 g/mol. The highest BCUT2D eigenvalue weighted by Gasteiger charge is 2.53. The van der Waals surface area contributed by atoms with Crippen LogP contribution in [0.1, 0.15) is 157 Å². The average Bonchev–Trinajstić information content (AvgIpc) is 3.20. The van der Waals surface area contributed by atoms with Gasteiger partial charge in [-0.1, -0.05) is 222 Å². The van der Waals surface area contributed by atoms with Gasteiger partial charge in [-0.25, -0.2) is 0 Å². The first kappa shape index (κ1) is 48.0. The highest BCUT2D eigenvalue weighted by atomic mass is 28.3. The SMILES string of the molecule is CCCCCCCCC(CCC)C1(C(=O)C(C)C[Si](C)(CC(C)C(=O)C2(C(CCC)CCCCCCCC)C=CC=CC2O)c2ccccc2)C=CC=CC1O. The molecule has 0 bridgehead atoms. The van der Waals surface area contributed by atoms with Crippen molar-refractivity contribution in [2.24, 2.45) is 34.5 Å². The van der Waals surface area contributed by atoms with E-state index in [9.17, 15) is 10.2 Å². The molecule has 2 aliphatic carbocycles. The summed E-state index contributed by atoms with van der Waals surface area (Å²) in [5.74, 6) is -0.132. The first-order valence-electron chi connectivity index (χ1n) is 23.2. The molecule has 1 aromatic carbocycles. The minimum absolute atomic E-state index is 0.0737. The lowest BCUT2D eigenvalue weighted by Gasteiger charge is -2.45. The van der Waals surface area contributed by atoms with Gasteiger partial charge in [-0.2, -0.15) is 0 Å². The fourth-order valence-corrected chi connectivity index (χ4v) is 15.4. The molecule has 4 nitrogen and oxygen atoms in total. The van der Waals surface area contributed by atoms with Crippen molar-refractivity contribution >= 4 is 24.8 Å². The number of aliphatic hydroxyl groups excluding tert-OH is 2. The van der Waals surface area contributed by atoms with Gasteiger partial charge in [-0.15, -0.1) is 0 Å². The van der Waals surface area contributed by atoms with Gasteiger partial charge in [0.25, 0.3) is 0 Å². The van der Waals surface area contributed by atoms with Gasteiger partial charge in [-0.05, 0) is 49.6 Å². The topological polar surface area (TPSA) is 74.6 Å². The molecule has 0 aliphatic heterocycles. The van der Waals surface area contributed by atoms with Crippen LogP contribution in [0.2, 0.25) is 18.6 Å². The van der Waals surface area contributed by atoms with Crippen molar-refractivity contribution < 1.29 is 19.8 Å². The van der Waals surface area contributed by atoms with Crippen LogP contribution in [-0.2, 0) is 9.59 Å². The molecule has 3 rings (SSSR count). The van der Waals surface area contributed by atoms with Crippen molar-refractivity contribution in [3.63, 3.8) is 0 Å². The Morgan fingerprint density at radius 3 is 1.34 bits per heavy atom. The molecule has 314 valence electrons. The van der Waals surface area contributed by atoms with Gasteiger partial charge in [0.1, 0.15) is 11.6 Å². The normalized spacial score (nSPS) is 25.1. The summed E-state index contributed by atoms with van der Waals surface area (Å²) >= 11 is 0. The zero-order chi connectivity index (χ0) is 41.0. The van der Waals surface area contributed by atoms with Crippen molar-refractivity contribution in [2.45, 2.75) is 188 Å². The Labute approximate surface area is 344 Å². The van der Waals surface area contributed by atoms with E-state index in [4.69, 9.17) is 0 Å². The second-order valence-electron chi connectivity index (χ2n) is 18.2. The number of ketones is 2. The number of carbonyl (C=O) groups excluding carboxylic acids is 2. The maximum Gasteiger partial charge on any atom is 0.148 e. The molecule has 8 atom stereocenters. The van der Waals surface area contributed by atoms with Gasteiger partial charge >= 0.3 is 0 Å². The monoisotopic (exact) mass is 787 g/mol. The highest BCUT2D eigenvalue weighted by molar-refractivity contribution is 6.91. The van der Waals surface area contributed by atoms with Crippen LogP contribution in [0, 0.1) is 34.5 Å². The molecule has 0 amide bonds. The Bertz CT molecular complexity index is 1330. The number of hydrogen-bond acceptors (Lipinski definition) is 4. The molecule has 0 spiro atoms. The Hall–Kier alpha value is -2.34. The molecule has 0 saturated heterocycles. The molecule has 0 saturated carbocycles. The molecule has 0 fully saturated rings. The Morgan fingerprint density at radius 1 is 0.571 bits per heavy atom. The van der Waals surface area contributed by atoms with Crippen LogP contribution in [0.25, 0.3) is 0 Å². The molecule has 0 heterocycles. The number of benzene rings is 1. The van der Waals surface area contributed by atoms with Crippen LogP contribution in [-0.4, -0.2) is 42.1 Å². The van der Waals surface area contributed by atoms with E-state index in [1.165, 1.54) is 69.4 Å². The summed E-state index contributed by atoms with van der Waals surface area (Å²) in [5.41, 5.74) is -1.89. The third-order valence-corrected chi connectivity index (χ3v) is 18.5. The van der Waals surface area contributed by atoms with Gasteiger partial charge < -0.3 is 10.2 Å². The van der Waals surface area contributed by atoms with Gasteiger partial charge in [0.2, 0.25) is 0 Å².